The summed E-state index contributed by atoms with van der Waals surface area (Å²) < 4.78 is 0. The average molecular weight is 161 g/mol. The molecule has 0 aliphatic heterocycles. The second kappa shape index (κ2) is 6.93. The zero-order chi connectivity index (χ0) is 7.82. The molecule has 0 saturated carbocycles. The molecule has 0 aromatic rings. The topological polar surface area (TPSA) is 43.1 Å². The summed E-state index contributed by atoms with van der Waals surface area (Å²) in [5.41, 5.74) is 4.96. The standard InChI is InChI=1S/C7H15NOS/c1-2-10-6-4-3-5-7(8)9/h2-6H2,1H3,(H2,8,9). The van der Waals surface area contributed by atoms with Gasteiger partial charge in [0.2, 0.25) is 5.91 Å². The molecule has 0 atom stereocenters. The molecule has 0 saturated heterocycles. The number of rotatable bonds is 6. The molecule has 60 valence electrons. The minimum atomic E-state index is -0.179. The summed E-state index contributed by atoms with van der Waals surface area (Å²) >= 11 is 1.91. The number of carbonyl (C=O) groups is 1. The van der Waals surface area contributed by atoms with Gasteiger partial charge in [0, 0.05) is 6.42 Å². The van der Waals surface area contributed by atoms with Crippen molar-refractivity contribution in [1.29, 1.82) is 0 Å². The van der Waals surface area contributed by atoms with Crippen molar-refractivity contribution in [3.05, 3.63) is 0 Å². The van der Waals surface area contributed by atoms with Crippen LogP contribution in [0.25, 0.3) is 0 Å². The molecule has 0 aliphatic rings. The molecule has 0 aromatic heterocycles. The first-order chi connectivity index (χ1) is 4.77. The van der Waals surface area contributed by atoms with Gasteiger partial charge in [-0.15, -0.1) is 0 Å². The molecule has 2 N–H and O–H groups in total. The molecule has 0 unspecified atom stereocenters. The van der Waals surface area contributed by atoms with Crippen molar-refractivity contribution in [2.75, 3.05) is 11.5 Å². The highest BCUT2D eigenvalue weighted by molar-refractivity contribution is 7.99. The van der Waals surface area contributed by atoms with Gasteiger partial charge >= 0.3 is 0 Å². The number of nitrogens with two attached hydrogens (primary N) is 1. The molecule has 0 aromatic carbocycles. The zero-order valence-electron chi connectivity index (χ0n) is 6.43. The number of unbranched alkanes of at least 4 members (excludes halogenated alkanes) is 1. The van der Waals surface area contributed by atoms with Crippen molar-refractivity contribution in [3.63, 3.8) is 0 Å². The summed E-state index contributed by atoms with van der Waals surface area (Å²) in [6.07, 6.45) is 2.61. The van der Waals surface area contributed by atoms with Crippen molar-refractivity contribution in [2.24, 2.45) is 5.73 Å². The van der Waals surface area contributed by atoms with Crippen molar-refractivity contribution in [2.45, 2.75) is 26.2 Å². The molecule has 3 heteroatoms. The zero-order valence-corrected chi connectivity index (χ0v) is 7.25. The molecule has 2 nitrogen and oxygen atoms in total. The molecule has 0 bridgehead atoms. The van der Waals surface area contributed by atoms with Gasteiger partial charge in [0.05, 0.1) is 0 Å². The van der Waals surface area contributed by atoms with Crippen LogP contribution >= 0.6 is 11.8 Å². The quantitative estimate of drug-likeness (QED) is 0.598. The minimum Gasteiger partial charge on any atom is -0.370 e. The number of primary amides is 1. The van der Waals surface area contributed by atoms with Crippen LogP contribution in [-0.2, 0) is 4.79 Å². The fourth-order valence-corrected chi connectivity index (χ4v) is 1.34. The van der Waals surface area contributed by atoms with Gasteiger partial charge in [0.15, 0.2) is 0 Å². The van der Waals surface area contributed by atoms with Crippen LogP contribution in [0.3, 0.4) is 0 Å². The largest absolute Gasteiger partial charge is 0.370 e. The van der Waals surface area contributed by atoms with E-state index in [9.17, 15) is 4.79 Å². The van der Waals surface area contributed by atoms with Gasteiger partial charge in [-0.05, 0) is 24.3 Å². The summed E-state index contributed by atoms with van der Waals surface area (Å²) in [7, 11) is 0. The molecule has 0 heterocycles. The lowest BCUT2D eigenvalue weighted by Gasteiger charge is -1.95. The Morgan fingerprint density at radius 2 is 2.20 bits per heavy atom. The second-order valence-corrected chi connectivity index (χ2v) is 3.51. The highest BCUT2D eigenvalue weighted by atomic mass is 32.2. The Bertz CT molecular complexity index is 95.6. The van der Waals surface area contributed by atoms with Gasteiger partial charge < -0.3 is 5.73 Å². The van der Waals surface area contributed by atoms with E-state index in [-0.39, 0.29) is 5.91 Å². The lowest BCUT2D eigenvalue weighted by Crippen LogP contribution is -2.09. The summed E-state index contributed by atoms with van der Waals surface area (Å²) in [6, 6.07) is 0. The first-order valence-electron chi connectivity index (χ1n) is 3.63. The van der Waals surface area contributed by atoms with Gasteiger partial charge in [0.1, 0.15) is 0 Å². The third-order valence-corrected chi connectivity index (χ3v) is 2.15. The Hall–Kier alpha value is -0.180. The van der Waals surface area contributed by atoms with E-state index in [2.05, 4.69) is 6.92 Å². The van der Waals surface area contributed by atoms with Crippen LogP contribution in [0, 0.1) is 0 Å². The van der Waals surface area contributed by atoms with Gasteiger partial charge in [0.25, 0.3) is 0 Å². The van der Waals surface area contributed by atoms with Gasteiger partial charge in [-0.2, -0.15) is 11.8 Å². The molecular weight excluding hydrogens is 146 g/mol. The molecule has 0 fully saturated rings. The molecule has 0 spiro atoms. The highest BCUT2D eigenvalue weighted by Crippen LogP contribution is 2.04. The Balaban J connectivity index is 2.84. The van der Waals surface area contributed by atoms with Crippen molar-refractivity contribution >= 4 is 17.7 Å². The lowest BCUT2D eigenvalue weighted by molar-refractivity contribution is -0.118. The molecular formula is C7H15NOS. The monoisotopic (exact) mass is 161 g/mol. The van der Waals surface area contributed by atoms with E-state index in [0.29, 0.717) is 6.42 Å². The second-order valence-electron chi connectivity index (χ2n) is 2.12. The van der Waals surface area contributed by atoms with Crippen LogP contribution in [0.15, 0.2) is 0 Å². The molecule has 0 rings (SSSR count). The SMILES string of the molecule is CCSCCCCC(N)=O. The molecule has 10 heavy (non-hydrogen) atoms. The number of hydrogen-bond donors (Lipinski definition) is 1. The number of hydrogen-bond acceptors (Lipinski definition) is 2. The first kappa shape index (κ1) is 9.82. The fourth-order valence-electron chi connectivity index (χ4n) is 0.648. The predicted octanol–water partition coefficient (Wildman–Crippen LogP) is 1.40. The van der Waals surface area contributed by atoms with E-state index in [4.69, 9.17) is 5.73 Å². The fraction of sp³-hybridized carbons (Fsp3) is 0.857. The van der Waals surface area contributed by atoms with E-state index >= 15 is 0 Å². The number of amides is 1. The van der Waals surface area contributed by atoms with Crippen LogP contribution in [0.2, 0.25) is 0 Å². The van der Waals surface area contributed by atoms with E-state index in [1.165, 1.54) is 0 Å². The van der Waals surface area contributed by atoms with E-state index < -0.39 is 0 Å². The van der Waals surface area contributed by atoms with Crippen molar-refractivity contribution in [3.8, 4) is 0 Å². The third kappa shape index (κ3) is 7.82. The third-order valence-electron chi connectivity index (χ3n) is 1.17. The summed E-state index contributed by atoms with van der Waals surface area (Å²) in [6.45, 7) is 2.14. The maximum Gasteiger partial charge on any atom is 0.217 e. The molecule has 0 aliphatic carbocycles. The number of carbonyl (C=O) groups excluding carboxylic acids is 1. The Morgan fingerprint density at radius 3 is 2.70 bits per heavy atom. The van der Waals surface area contributed by atoms with E-state index in [1.54, 1.807) is 0 Å². The predicted molar refractivity (Wildman–Crippen MR) is 46.0 cm³/mol. The Kier molecular flexibility index (Phi) is 6.81. The summed E-state index contributed by atoms with van der Waals surface area (Å²) in [5.74, 6) is 2.14. The Morgan fingerprint density at radius 1 is 1.50 bits per heavy atom. The van der Waals surface area contributed by atoms with Crippen molar-refractivity contribution in [1.82, 2.24) is 0 Å². The van der Waals surface area contributed by atoms with Crippen LogP contribution < -0.4 is 5.73 Å². The Labute approximate surface area is 66.6 Å². The number of thioether (sulfide) groups is 1. The summed E-state index contributed by atoms with van der Waals surface area (Å²) in [5, 5.41) is 0. The van der Waals surface area contributed by atoms with Crippen molar-refractivity contribution < 1.29 is 4.79 Å². The first-order valence-corrected chi connectivity index (χ1v) is 4.79. The smallest absolute Gasteiger partial charge is 0.217 e. The highest BCUT2D eigenvalue weighted by Gasteiger charge is 1.92. The molecule has 0 radical (unpaired) electrons. The van der Waals surface area contributed by atoms with Crippen LogP contribution in [0.5, 0.6) is 0 Å². The van der Waals surface area contributed by atoms with Crippen LogP contribution in [-0.4, -0.2) is 17.4 Å². The average Bonchev–Trinajstić information content (AvgIpc) is 1.87. The summed E-state index contributed by atoms with van der Waals surface area (Å²) in [4.78, 5) is 10.2. The van der Waals surface area contributed by atoms with E-state index in [1.807, 2.05) is 11.8 Å². The lowest BCUT2D eigenvalue weighted by atomic mass is 10.2. The normalized spacial score (nSPS) is 9.70. The van der Waals surface area contributed by atoms with Gasteiger partial charge in [-0.25, -0.2) is 0 Å². The maximum atomic E-state index is 10.2. The molecule has 1 amide bonds. The maximum absolute atomic E-state index is 10.2. The van der Waals surface area contributed by atoms with Gasteiger partial charge in [-0.3, -0.25) is 4.79 Å². The minimum absolute atomic E-state index is 0.179. The van der Waals surface area contributed by atoms with Crippen LogP contribution in [0.4, 0.5) is 0 Å². The van der Waals surface area contributed by atoms with Gasteiger partial charge in [-0.1, -0.05) is 6.92 Å². The van der Waals surface area contributed by atoms with E-state index in [0.717, 1.165) is 24.3 Å². The van der Waals surface area contributed by atoms with Crippen LogP contribution in [0.1, 0.15) is 26.2 Å².